The number of hydrogen-bond donors (Lipinski definition) is 2. The van der Waals surface area contributed by atoms with E-state index >= 15 is 0 Å². The summed E-state index contributed by atoms with van der Waals surface area (Å²) in [5, 5.41) is 4.51. The summed E-state index contributed by atoms with van der Waals surface area (Å²) in [6.45, 7) is 2.05. The summed E-state index contributed by atoms with van der Waals surface area (Å²) in [5.41, 5.74) is 3.38. The number of carbonyl (C=O) groups excluding carboxylic acids is 3. The Bertz CT molecular complexity index is 1070. The number of hydrazine groups is 1. The molecule has 174 valence electrons. The summed E-state index contributed by atoms with van der Waals surface area (Å²) >= 11 is 11.4. The number of nitrogens with one attached hydrogen (secondary N) is 2. The average molecular weight is 491 g/mol. The van der Waals surface area contributed by atoms with Crippen molar-refractivity contribution in [3.8, 4) is 11.5 Å². The van der Waals surface area contributed by atoms with Crippen molar-refractivity contribution in [2.45, 2.75) is 19.4 Å². The summed E-state index contributed by atoms with van der Waals surface area (Å²) < 4.78 is 10.4. The van der Waals surface area contributed by atoms with Crippen LogP contribution in [0.5, 0.6) is 11.5 Å². The molecule has 0 unspecified atom stereocenters. The lowest BCUT2D eigenvalue weighted by molar-refractivity contribution is -0.130. The Morgan fingerprint density at radius 3 is 2.36 bits per heavy atom. The van der Waals surface area contributed by atoms with E-state index in [1.54, 1.807) is 37.3 Å². The van der Waals surface area contributed by atoms with Crippen molar-refractivity contribution in [2.24, 2.45) is 0 Å². The number of ether oxygens (including phenoxy) is 2. The third-order valence-electron chi connectivity index (χ3n) is 4.94. The number of methoxy groups -OCH3 is 2. The fourth-order valence-corrected chi connectivity index (χ4v) is 3.89. The van der Waals surface area contributed by atoms with Crippen LogP contribution in [-0.2, 0) is 9.59 Å². The molecule has 33 heavy (non-hydrogen) atoms. The first-order valence-electron chi connectivity index (χ1n) is 10.0. The predicted molar refractivity (Wildman–Crippen MR) is 127 cm³/mol. The smallest absolute Gasteiger partial charge is 0.270 e. The van der Waals surface area contributed by atoms with Gasteiger partial charge in [0.05, 0.1) is 20.6 Å². The number of hydrogen-bond acceptors (Lipinski definition) is 6. The lowest BCUT2D eigenvalue weighted by Crippen LogP contribution is -2.49. The Hall–Kier alpha value is -3.37. The molecule has 0 bridgehead atoms. The third kappa shape index (κ3) is 5.52. The first-order valence-corrected chi connectivity index (χ1v) is 10.8. The zero-order valence-corrected chi connectivity index (χ0v) is 19.8. The highest BCUT2D eigenvalue weighted by atomic mass is 35.5. The van der Waals surface area contributed by atoms with Crippen LogP contribution in [0.15, 0.2) is 42.5 Å². The number of amides is 3. The van der Waals surface area contributed by atoms with Crippen LogP contribution in [0.1, 0.15) is 23.7 Å². The van der Waals surface area contributed by atoms with Crippen molar-refractivity contribution in [2.75, 3.05) is 26.1 Å². The molecule has 3 amide bonds. The standard InChI is InChI=1S/C22H23ClN4O5S/c1-4-26-21(30)18(12-19(28)24-15-7-5-6-14(23)10-15)27(22(26)33)25-20(29)13-8-16(31-2)11-17(9-13)32-3/h5-11,18H,4,12H2,1-3H3,(H,24,28)(H,25,29)/t18-/m0/s1. The molecule has 2 N–H and O–H groups in total. The van der Waals surface area contributed by atoms with Crippen LogP contribution < -0.4 is 20.2 Å². The van der Waals surface area contributed by atoms with E-state index in [0.29, 0.717) is 28.8 Å². The highest BCUT2D eigenvalue weighted by Gasteiger charge is 2.44. The topological polar surface area (TPSA) is 100 Å². The molecule has 0 spiro atoms. The second-order valence-corrected chi connectivity index (χ2v) is 7.86. The van der Waals surface area contributed by atoms with Gasteiger partial charge in [-0.25, -0.2) is 5.01 Å². The van der Waals surface area contributed by atoms with Gasteiger partial charge in [-0.2, -0.15) is 0 Å². The fourth-order valence-electron chi connectivity index (χ4n) is 3.31. The Kier molecular flexibility index (Phi) is 7.72. The van der Waals surface area contributed by atoms with Crippen LogP contribution in [0.2, 0.25) is 5.02 Å². The zero-order chi connectivity index (χ0) is 24.1. The third-order valence-corrected chi connectivity index (χ3v) is 5.59. The molecule has 2 aromatic carbocycles. The predicted octanol–water partition coefficient (Wildman–Crippen LogP) is 2.85. The minimum absolute atomic E-state index is 0.103. The highest BCUT2D eigenvalue weighted by Crippen LogP contribution is 2.24. The maximum atomic E-state index is 13.0. The van der Waals surface area contributed by atoms with Crippen molar-refractivity contribution >= 4 is 52.3 Å². The Balaban J connectivity index is 1.80. The Morgan fingerprint density at radius 1 is 1.12 bits per heavy atom. The van der Waals surface area contributed by atoms with Gasteiger partial charge in [-0.3, -0.25) is 24.7 Å². The molecule has 1 aliphatic heterocycles. The van der Waals surface area contributed by atoms with Gasteiger partial charge in [0.15, 0.2) is 5.11 Å². The number of anilines is 1. The second-order valence-electron chi connectivity index (χ2n) is 7.06. The number of rotatable bonds is 8. The van der Waals surface area contributed by atoms with Crippen molar-refractivity contribution in [1.82, 2.24) is 15.3 Å². The highest BCUT2D eigenvalue weighted by molar-refractivity contribution is 7.80. The minimum Gasteiger partial charge on any atom is -0.497 e. The summed E-state index contributed by atoms with van der Waals surface area (Å²) in [7, 11) is 2.94. The summed E-state index contributed by atoms with van der Waals surface area (Å²) in [5.74, 6) is -0.508. The van der Waals surface area contributed by atoms with E-state index in [2.05, 4.69) is 10.7 Å². The molecule has 0 radical (unpaired) electrons. The number of halogens is 1. The molecule has 1 fully saturated rings. The van der Waals surface area contributed by atoms with Gasteiger partial charge < -0.3 is 14.8 Å². The van der Waals surface area contributed by atoms with Gasteiger partial charge in [0.1, 0.15) is 17.5 Å². The minimum atomic E-state index is -1.01. The number of nitrogens with zero attached hydrogens (tertiary/aromatic N) is 2. The van der Waals surface area contributed by atoms with E-state index in [0.717, 1.165) is 0 Å². The van der Waals surface area contributed by atoms with E-state index in [1.165, 1.54) is 36.3 Å². The summed E-state index contributed by atoms with van der Waals surface area (Å²) in [6.07, 6.45) is -0.232. The van der Waals surface area contributed by atoms with Gasteiger partial charge in [-0.1, -0.05) is 17.7 Å². The normalized spacial score (nSPS) is 15.5. The largest absolute Gasteiger partial charge is 0.497 e. The molecule has 1 saturated heterocycles. The first kappa shape index (κ1) is 24.3. The first-order chi connectivity index (χ1) is 15.8. The van der Waals surface area contributed by atoms with Crippen molar-refractivity contribution < 1.29 is 23.9 Å². The van der Waals surface area contributed by atoms with Crippen LogP contribution in [0.25, 0.3) is 0 Å². The number of likely N-dealkylation sites (N-methyl/N-ethyl adjacent to an activating group) is 1. The van der Waals surface area contributed by atoms with Crippen molar-refractivity contribution in [3.63, 3.8) is 0 Å². The molecule has 1 heterocycles. The molecular weight excluding hydrogens is 468 g/mol. The molecule has 2 aromatic rings. The van der Waals surface area contributed by atoms with E-state index in [9.17, 15) is 14.4 Å². The van der Waals surface area contributed by atoms with E-state index in [1.807, 2.05) is 0 Å². The van der Waals surface area contributed by atoms with Crippen LogP contribution in [0.3, 0.4) is 0 Å². The molecular formula is C22H23ClN4O5S. The summed E-state index contributed by atoms with van der Waals surface area (Å²) in [6, 6.07) is 10.3. The number of thiocarbonyl (C=S) groups is 1. The fraction of sp³-hybridized carbons (Fsp3) is 0.273. The Labute approximate surface area is 201 Å². The molecule has 1 atom stereocenters. The van der Waals surface area contributed by atoms with Gasteiger partial charge >= 0.3 is 0 Å². The molecule has 0 saturated carbocycles. The van der Waals surface area contributed by atoms with Gasteiger partial charge in [0.25, 0.3) is 11.8 Å². The number of benzene rings is 2. The van der Waals surface area contributed by atoms with E-state index < -0.39 is 17.9 Å². The maximum absolute atomic E-state index is 13.0. The lowest BCUT2D eigenvalue weighted by atomic mass is 10.1. The molecule has 9 nitrogen and oxygen atoms in total. The zero-order valence-electron chi connectivity index (χ0n) is 18.3. The van der Waals surface area contributed by atoms with Crippen LogP contribution >= 0.6 is 23.8 Å². The van der Waals surface area contributed by atoms with Crippen molar-refractivity contribution in [3.05, 3.63) is 53.1 Å². The number of carbonyl (C=O) groups is 3. The Morgan fingerprint density at radius 2 is 1.79 bits per heavy atom. The van der Waals surface area contributed by atoms with E-state index in [4.69, 9.17) is 33.3 Å². The molecule has 0 aliphatic carbocycles. The van der Waals surface area contributed by atoms with Gasteiger partial charge in [-0.05, 0) is 49.5 Å². The van der Waals surface area contributed by atoms with Crippen molar-refractivity contribution in [1.29, 1.82) is 0 Å². The van der Waals surface area contributed by atoms with Crippen LogP contribution in [0.4, 0.5) is 5.69 Å². The quantitative estimate of drug-likeness (QED) is 0.549. The molecule has 11 heteroatoms. The molecule has 3 rings (SSSR count). The lowest BCUT2D eigenvalue weighted by Gasteiger charge is -2.24. The molecule has 1 aliphatic rings. The second kappa shape index (κ2) is 10.5. The van der Waals surface area contributed by atoms with Gasteiger partial charge in [-0.15, -0.1) is 0 Å². The average Bonchev–Trinajstić information content (AvgIpc) is 3.01. The monoisotopic (exact) mass is 490 g/mol. The summed E-state index contributed by atoms with van der Waals surface area (Å²) in [4.78, 5) is 39.9. The SMILES string of the molecule is CCN1C(=O)[C@H](CC(=O)Nc2cccc(Cl)c2)N(NC(=O)c2cc(OC)cc(OC)c2)C1=S. The van der Waals surface area contributed by atoms with Gasteiger partial charge in [0.2, 0.25) is 5.91 Å². The van der Waals surface area contributed by atoms with E-state index in [-0.39, 0.29) is 23.0 Å². The maximum Gasteiger partial charge on any atom is 0.270 e. The van der Waals surface area contributed by atoms with Crippen LogP contribution in [-0.4, -0.2) is 59.5 Å². The van der Waals surface area contributed by atoms with Crippen LogP contribution in [0, 0.1) is 0 Å². The molecule has 0 aromatic heterocycles. The van der Waals surface area contributed by atoms with Gasteiger partial charge in [0, 0.05) is 28.9 Å².